The van der Waals surface area contributed by atoms with E-state index in [2.05, 4.69) is 109 Å². The Bertz CT molecular complexity index is 1060. The van der Waals surface area contributed by atoms with E-state index in [1.165, 1.54) is 0 Å². The lowest BCUT2D eigenvalue weighted by molar-refractivity contribution is -0.188. The van der Waals surface area contributed by atoms with E-state index in [1.807, 2.05) is 29.3 Å². The second-order valence-corrected chi connectivity index (χ2v) is 23.8. The van der Waals surface area contributed by atoms with Crippen molar-refractivity contribution in [1.82, 2.24) is 4.57 Å². The molecule has 5 nitrogen and oxygen atoms in total. The Hall–Kier alpha value is -1.94. The van der Waals surface area contributed by atoms with Crippen LogP contribution in [-0.2, 0) is 14.1 Å². The summed E-state index contributed by atoms with van der Waals surface area (Å²) in [4.78, 5) is 21.2. The van der Waals surface area contributed by atoms with E-state index in [9.17, 15) is 4.79 Å². The van der Waals surface area contributed by atoms with Crippen LogP contribution >= 0.6 is 0 Å². The summed E-state index contributed by atoms with van der Waals surface area (Å²) < 4.78 is 9.03. The first-order valence-corrected chi connectivity index (χ1v) is 19.4. The summed E-state index contributed by atoms with van der Waals surface area (Å²) in [5.41, 5.74) is 1.20. The molecule has 0 saturated carbocycles. The van der Waals surface area contributed by atoms with Gasteiger partial charge in [0.15, 0.2) is 22.2 Å². The molecule has 0 radical (unpaired) electrons. The van der Waals surface area contributed by atoms with Crippen LogP contribution in [0.5, 0.6) is 0 Å². The largest absolute Gasteiger partial charge is 0.415 e. The van der Waals surface area contributed by atoms with Gasteiger partial charge in [0.05, 0.1) is 24.4 Å². The maximum absolute atomic E-state index is 14.3. The van der Waals surface area contributed by atoms with E-state index in [0.29, 0.717) is 13.0 Å². The van der Waals surface area contributed by atoms with Gasteiger partial charge in [0.2, 0.25) is 0 Å². The Labute approximate surface area is 226 Å². The summed E-state index contributed by atoms with van der Waals surface area (Å²) in [5.74, 6) is 0.127. The van der Waals surface area contributed by atoms with Gasteiger partial charge >= 0.3 is 0 Å². The highest BCUT2D eigenvalue weighted by molar-refractivity contribution is 6.80. The molecule has 0 bridgehead atoms. The van der Waals surface area contributed by atoms with Gasteiger partial charge in [-0.15, -0.1) is 0 Å². The topological polar surface area (TPSA) is 42.0 Å². The van der Waals surface area contributed by atoms with Crippen LogP contribution in [0, 0.1) is 0 Å². The summed E-state index contributed by atoms with van der Waals surface area (Å²) in [5, 5.41) is 2.10. The molecule has 1 amide bonds. The zero-order chi connectivity index (χ0) is 27.4. The minimum absolute atomic E-state index is 0.0239. The van der Waals surface area contributed by atoms with Gasteiger partial charge in [-0.3, -0.25) is 9.63 Å². The molecule has 37 heavy (non-hydrogen) atoms. The summed E-state index contributed by atoms with van der Waals surface area (Å²) in [6, 6.07) is 20.4. The molecule has 2 unspecified atom stereocenters. The molecule has 2 fully saturated rings. The third-order valence-electron chi connectivity index (χ3n) is 9.51. The molecule has 2 saturated heterocycles. The van der Waals surface area contributed by atoms with Gasteiger partial charge in [0.25, 0.3) is 5.91 Å². The molecule has 7 heteroatoms. The van der Waals surface area contributed by atoms with Crippen LogP contribution in [0.3, 0.4) is 0 Å². The standard InChI is InChI=1S/C30H46N2O3Si2/c1-28(2,3)36(7,8)32-26(22-34-37(9,10)29(4,5)6)30(27(32)33)21-25(23-17-13-11-14-18-23)31(35-30)24-19-15-12-16-20-24/h11-20,25-26H,21-22H2,1-10H3/t25?,26-,30?/m1/s1. The normalized spacial score (nSPS) is 25.1. The maximum atomic E-state index is 14.3. The molecule has 0 N–H and O–H groups in total. The zero-order valence-electron chi connectivity index (χ0n) is 24.5. The Morgan fingerprint density at radius 3 is 1.95 bits per heavy atom. The molecular formula is C30H46N2O3Si2. The molecule has 202 valence electrons. The van der Waals surface area contributed by atoms with Crippen LogP contribution in [0.2, 0.25) is 36.3 Å². The lowest BCUT2D eigenvalue weighted by Gasteiger charge is -2.62. The molecule has 0 aromatic heterocycles. The van der Waals surface area contributed by atoms with Crippen molar-refractivity contribution in [3.63, 3.8) is 0 Å². The molecule has 2 aliphatic rings. The fraction of sp³-hybridized carbons (Fsp3) is 0.567. The van der Waals surface area contributed by atoms with Gasteiger partial charge in [0, 0.05) is 6.42 Å². The SMILES string of the molecule is CC(C)(C)[Si](C)(C)OC[C@H]1N([Si](C)(C)C(C)(C)C)C(=O)C12CC(c1ccccc1)N(c1ccccc1)O2. The lowest BCUT2D eigenvalue weighted by atomic mass is 9.79. The third-order valence-corrected chi connectivity index (χ3v) is 19.4. The molecule has 2 heterocycles. The minimum Gasteiger partial charge on any atom is -0.415 e. The first kappa shape index (κ1) is 28.1. The molecule has 2 aliphatic heterocycles. The summed E-state index contributed by atoms with van der Waals surface area (Å²) in [6.07, 6.45) is 0.612. The van der Waals surface area contributed by atoms with Crippen molar-refractivity contribution < 1.29 is 14.1 Å². The smallest absolute Gasteiger partial charge is 0.252 e. The summed E-state index contributed by atoms with van der Waals surface area (Å²) in [7, 11) is -4.19. The van der Waals surface area contributed by atoms with E-state index in [0.717, 1.165) is 11.3 Å². The van der Waals surface area contributed by atoms with E-state index in [4.69, 9.17) is 9.26 Å². The van der Waals surface area contributed by atoms with E-state index in [-0.39, 0.29) is 28.1 Å². The average molecular weight is 539 g/mol. The fourth-order valence-electron chi connectivity index (χ4n) is 5.05. The minimum atomic E-state index is -2.17. The molecular weight excluding hydrogens is 493 g/mol. The fourth-order valence-corrected chi connectivity index (χ4v) is 8.54. The number of hydrogen-bond acceptors (Lipinski definition) is 4. The van der Waals surface area contributed by atoms with Crippen LogP contribution in [0.1, 0.15) is 59.6 Å². The number of hydroxylamine groups is 1. The van der Waals surface area contributed by atoms with Crippen LogP contribution in [-0.4, -0.2) is 45.3 Å². The van der Waals surface area contributed by atoms with Gasteiger partial charge < -0.3 is 8.99 Å². The lowest BCUT2D eigenvalue weighted by Crippen LogP contribution is -2.82. The van der Waals surface area contributed by atoms with Crippen LogP contribution in [0.25, 0.3) is 0 Å². The number of nitrogens with zero attached hydrogens (tertiary/aromatic N) is 2. The number of amides is 1. The van der Waals surface area contributed by atoms with E-state index < -0.39 is 22.2 Å². The zero-order valence-corrected chi connectivity index (χ0v) is 26.5. The molecule has 1 spiro atoms. The Balaban J connectivity index is 1.76. The number of anilines is 1. The second-order valence-electron chi connectivity index (χ2n) is 13.8. The number of carbonyl (C=O) groups is 1. The molecule has 3 atom stereocenters. The number of rotatable bonds is 6. The molecule has 2 aromatic rings. The van der Waals surface area contributed by atoms with Crippen LogP contribution in [0.4, 0.5) is 5.69 Å². The highest BCUT2D eigenvalue weighted by atomic mass is 28.4. The first-order chi connectivity index (χ1) is 17.0. The molecule has 2 aromatic carbocycles. The van der Waals surface area contributed by atoms with Gasteiger partial charge in [-0.2, -0.15) is 0 Å². The molecule has 0 aliphatic carbocycles. The highest BCUT2D eigenvalue weighted by Gasteiger charge is 2.71. The van der Waals surface area contributed by atoms with Crippen molar-refractivity contribution in [3.05, 3.63) is 66.2 Å². The van der Waals surface area contributed by atoms with Gasteiger partial charge in [-0.05, 0) is 40.9 Å². The predicted octanol–water partition coefficient (Wildman–Crippen LogP) is 7.55. The van der Waals surface area contributed by atoms with Crippen molar-refractivity contribution in [2.24, 2.45) is 0 Å². The van der Waals surface area contributed by atoms with Crippen molar-refractivity contribution in [3.8, 4) is 0 Å². The number of β-lactam (4-membered cyclic amide) rings is 1. The van der Waals surface area contributed by atoms with Crippen LogP contribution in [0.15, 0.2) is 60.7 Å². The Morgan fingerprint density at radius 2 is 1.43 bits per heavy atom. The number of carbonyl (C=O) groups excluding carboxylic acids is 1. The maximum Gasteiger partial charge on any atom is 0.252 e. The second kappa shape index (κ2) is 9.36. The van der Waals surface area contributed by atoms with Crippen molar-refractivity contribution in [1.29, 1.82) is 0 Å². The van der Waals surface area contributed by atoms with E-state index in [1.54, 1.807) is 0 Å². The predicted molar refractivity (Wildman–Crippen MR) is 158 cm³/mol. The quantitative estimate of drug-likeness (QED) is 0.281. The summed E-state index contributed by atoms with van der Waals surface area (Å²) in [6.45, 7) is 23.3. The van der Waals surface area contributed by atoms with Gasteiger partial charge in [-0.25, -0.2) is 5.06 Å². The van der Waals surface area contributed by atoms with Crippen molar-refractivity contribution in [2.75, 3.05) is 11.7 Å². The molecule has 4 rings (SSSR count). The number of hydrogen-bond donors (Lipinski definition) is 0. The third kappa shape index (κ3) is 4.73. The van der Waals surface area contributed by atoms with Crippen molar-refractivity contribution in [2.45, 2.75) is 102 Å². The highest BCUT2D eigenvalue weighted by Crippen LogP contribution is 2.55. The van der Waals surface area contributed by atoms with Gasteiger partial charge in [0.1, 0.15) is 0 Å². The summed E-state index contributed by atoms with van der Waals surface area (Å²) >= 11 is 0. The number of benzene rings is 2. The average Bonchev–Trinajstić information content (AvgIpc) is 3.24. The first-order valence-electron chi connectivity index (χ1n) is 13.6. The monoisotopic (exact) mass is 538 g/mol. The number of para-hydroxylation sites is 1. The Morgan fingerprint density at radius 1 is 0.892 bits per heavy atom. The Kier molecular flexibility index (Phi) is 7.11. The van der Waals surface area contributed by atoms with E-state index >= 15 is 0 Å². The van der Waals surface area contributed by atoms with Crippen LogP contribution < -0.4 is 5.06 Å². The van der Waals surface area contributed by atoms with Gasteiger partial charge in [-0.1, -0.05) is 103 Å². The van der Waals surface area contributed by atoms with Crippen molar-refractivity contribution >= 4 is 28.1 Å².